The zero-order valence-electron chi connectivity index (χ0n) is 18.8. The molecule has 0 bridgehead atoms. The van der Waals surface area contributed by atoms with Gasteiger partial charge in [-0.05, 0) is 49.9 Å². The minimum atomic E-state index is -1.26. The van der Waals surface area contributed by atoms with Gasteiger partial charge >= 0.3 is 11.9 Å². The molecule has 0 radical (unpaired) electrons. The molecule has 0 aromatic heterocycles. The van der Waals surface area contributed by atoms with E-state index < -0.39 is 18.0 Å². The predicted octanol–water partition coefficient (Wildman–Crippen LogP) is 3.64. The average molecular weight is 507 g/mol. The number of piperazine rings is 1. The van der Waals surface area contributed by atoms with E-state index in [-0.39, 0.29) is 5.91 Å². The first kappa shape index (κ1) is 27.4. The van der Waals surface area contributed by atoms with Gasteiger partial charge in [0.15, 0.2) is 0 Å². The number of carbonyl (C=O) groups is 3. The smallest absolute Gasteiger partial charge is 0.328 e. The molecule has 1 heterocycles. The second kappa shape index (κ2) is 13.1. The first-order chi connectivity index (χ1) is 16.1. The molecule has 1 amide bonds. The maximum Gasteiger partial charge on any atom is 0.328 e. The van der Waals surface area contributed by atoms with Crippen LogP contribution in [0.4, 0.5) is 0 Å². The number of carboxylic acid groups (broad SMARTS) is 2. The molecule has 10 heteroatoms. The van der Waals surface area contributed by atoms with E-state index >= 15 is 0 Å². The van der Waals surface area contributed by atoms with Crippen LogP contribution in [0.3, 0.4) is 0 Å². The number of aliphatic hydroxyl groups is 1. The molecule has 34 heavy (non-hydrogen) atoms. The third-order valence-electron chi connectivity index (χ3n) is 4.92. The SMILES string of the molecule is CC(O)c1cc(Cl)ccc1Sc1ccccc1C(=O)N1CCN(C)CC1.O=C(O)C=CC(=O)O. The Balaban J connectivity index is 0.000000440. The van der Waals surface area contributed by atoms with Crippen LogP contribution in [0.15, 0.2) is 64.4 Å². The zero-order valence-corrected chi connectivity index (χ0v) is 20.4. The number of halogens is 1. The summed E-state index contributed by atoms with van der Waals surface area (Å²) in [5, 5.41) is 26.3. The molecular formula is C24H27ClN2O6S. The van der Waals surface area contributed by atoms with E-state index in [2.05, 4.69) is 11.9 Å². The van der Waals surface area contributed by atoms with E-state index in [4.69, 9.17) is 21.8 Å². The summed E-state index contributed by atoms with van der Waals surface area (Å²) in [7, 11) is 2.07. The van der Waals surface area contributed by atoms with Crippen molar-refractivity contribution in [2.24, 2.45) is 0 Å². The van der Waals surface area contributed by atoms with Crippen molar-refractivity contribution in [2.45, 2.75) is 22.8 Å². The molecule has 1 atom stereocenters. The number of likely N-dealkylation sites (N-methyl/N-ethyl adjacent to an activating group) is 1. The van der Waals surface area contributed by atoms with Crippen LogP contribution in [0.2, 0.25) is 5.02 Å². The largest absolute Gasteiger partial charge is 0.478 e. The van der Waals surface area contributed by atoms with Crippen LogP contribution in [0, 0.1) is 0 Å². The monoisotopic (exact) mass is 506 g/mol. The number of nitrogens with zero attached hydrogens (tertiary/aromatic N) is 2. The van der Waals surface area contributed by atoms with E-state index in [9.17, 15) is 19.5 Å². The Morgan fingerprint density at radius 3 is 2.12 bits per heavy atom. The fourth-order valence-electron chi connectivity index (χ4n) is 3.11. The molecule has 8 nitrogen and oxygen atoms in total. The highest BCUT2D eigenvalue weighted by Gasteiger charge is 2.23. The molecule has 1 aliphatic rings. The number of hydrogen-bond acceptors (Lipinski definition) is 6. The van der Waals surface area contributed by atoms with Crippen LogP contribution < -0.4 is 0 Å². The van der Waals surface area contributed by atoms with Gasteiger partial charge in [-0.25, -0.2) is 9.59 Å². The normalized spacial score (nSPS) is 14.9. The third-order valence-corrected chi connectivity index (χ3v) is 6.32. The van der Waals surface area contributed by atoms with Crippen LogP contribution in [-0.2, 0) is 9.59 Å². The Kier molecular flexibility index (Phi) is 10.6. The van der Waals surface area contributed by atoms with Gasteiger partial charge in [-0.2, -0.15) is 0 Å². The number of hydrogen-bond donors (Lipinski definition) is 3. The fraction of sp³-hybridized carbons (Fsp3) is 0.292. The molecule has 3 rings (SSSR count). The molecule has 2 aromatic rings. The van der Waals surface area contributed by atoms with Gasteiger partial charge in [0.2, 0.25) is 0 Å². The van der Waals surface area contributed by atoms with E-state index in [0.717, 1.165) is 41.5 Å². The van der Waals surface area contributed by atoms with Gasteiger partial charge in [0.1, 0.15) is 0 Å². The van der Waals surface area contributed by atoms with E-state index in [1.807, 2.05) is 35.2 Å². The highest BCUT2D eigenvalue weighted by Crippen LogP contribution is 2.36. The minimum Gasteiger partial charge on any atom is -0.478 e. The second-order valence-corrected chi connectivity index (χ2v) is 9.08. The molecule has 0 spiro atoms. The van der Waals surface area contributed by atoms with Crippen molar-refractivity contribution in [2.75, 3.05) is 33.2 Å². The number of aliphatic hydroxyl groups excluding tert-OH is 1. The van der Waals surface area contributed by atoms with Gasteiger partial charge in [-0.15, -0.1) is 0 Å². The average Bonchev–Trinajstić information content (AvgIpc) is 2.79. The van der Waals surface area contributed by atoms with Crippen molar-refractivity contribution in [3.05, 3.63) is 70.8 Å². The number of aliphatic carboxylic acids is 2. The van der Waals surface area contributed by atoms with Gasteiger partial charge in [0.05, 0.1) is 11.7 Å². The van der Waals surface area contributed by atoms with E-state index in [0.29, 0.717) is 22.7 Å². The Hall–Kier alpha value is -2.85. The van der Waals surface area contributed by atoms with Gasteiger partial charge < -0.3 is 25.1 Å². The Morgan fingerprint density at radius 2 is 1.56 bits per heavy atom. The predicted molar refractivity (Wildman–Crippen MR) is 130 cm³/mol. The maximum atomic E-state index is 13.0. The standard InChI is InChI=1S/C20H23ClN2O2S.C4H4O4/c1-14(24)17-13-15(21)7-8-19(17)26-18-6-4-3-5-16(18)20(25)23-11-9-22(2)10-12-23;5-3(6)1-2-4(7)8/h3-8,13-14,24H,9-12H2,1-2H3;1-2H,(H,5,6)(H,7,8). The lowest BCUT2D eigenvalue weighted by Gasteiger charge is -2.32. The summed E-state index contributed by atoms with van der Waals surface area (Å²) in [5.74, 6) is -2.45. The van der Waals surface area contributed by atoms with Crippen molar-refractivity contribution in [1.29, 1.82) is 0 Å². The molecule has 1 aliphatic heterocycles. The number of amides is 1. The third kappa shape index (κ3) is 8.49. The Labute approximate surface area is 207 Å². The highest BCUT2D eigenvalue weighted by atomic mass is 35.5. The fourth-order valence-corrected chi connectivity index (χ4v) is 4.42. The van der Waals surface area contributed by atoms with E-state index in [1.54, 1.807) is 19.1 Å². The lowest BCUT2D eigenvalue weighted by molar-refractivity contribution is -0.134. The molecule has 0 saturated carbocycles. The molecule has 182 valence electrons. The summed E-state index contributed by atoms with van der Waals surface area (Å²) in [6.45, 7) is 4.99. The van der Waals surface area contributed by atoms with Gasteiger partial charge in [-0.3, -0.25) is 4.79 Å². The molecule has 1 saturated heterocycles. The van der Waals surface area contributed by atoms with Crippen molar-refractivity contribution < 1.29 is 29.7 Å². The summed E-state index contributed by atoms with van der Waals surface area (Å²) >= 11 is 7.57. The highest BCUT2D eigenvalue weighted by molar-refractivity contribution is 7.99. The minimum absolute atomic E-state index is 0.0637. The quantitative estimate of drug-likeness (QED) is 0.508. The van der Waals surface area contributed by atoms with Crippen LogP contribution in [0.1, 0.15) is 28.9 Å². The summed E-state index contributed by atoms with van der Waals surface area (Å²) in [5.41, 5.74) is 1.47. The number of carbonyl (C=O) groups excluding carboxylic acids is 1. The topological polar surface area (TPSA) is 118 Å². The van der Waals surface area contributed by atoms with Gasteiger partial charge in [-0.1, -0.05) is 35.5 Å². The zero-order chi connectivity index (χ0) is 25.3. The van der Waals surface area contributed by atoms with E-state index in [1.165, 1.54) is 11.8 Å². The number of rotatable bonds is 6. The van der Waals surface area contributed by atoms with Gasteiger partial charge in [0.25, 0.3) is 5.91 Å². The first-order valence-corrected chi connectivity index (χ1v) is 11.6. The summed E-state index contributed by atoms with van der Waals surface area (Å²) in [6, 6.07) is 13.1. The lowest BCUT2D eigenvalue weighted by Crippen LogP contribution is -2.47. The van der Waals surface area contributed by atoms with Crippen molar-refractivity contribution >= 4 is 41.2 Å². The van der Waals surface area contributed by atoms with Crippen molar-refractivity contribution in [3.8, 4) is 0 Å². The number of carboxylic acids is 2. The number of benzene rings is 2. The lowest BCUT2D eigenvalue weighted by atomic mass is 10.1. The Morgan fingerprint density at radius 1 is 0.971 bits per heavy atom. The van der Waals surface area contributed by atoms with Crippen molar-refractivity contribution in [3.63, 3.8) is 0 Å². The molecule has 1 unspecified atom stereocenters. The van der Waals surface area contributed by atoms with Crippen LogP contribution in [0.25, 0.3) is 0 Å². The van der Waals surface area contributed by atoms with Crippen LogP contribution >= 0.6 is 23.4 Å². The first-order valence-electron chi connectivity index (χ1n) is 10.4. The van der Waals surface area contributed by atoms with Crippen molar-refractivity contribution in [1.82, 2.24) is 9.80 Å². The van der Waals surface area contributed by atoms with Crippen LogP contribution in [0.5, 0.6) is 0 Å². The molecular weight excluding hydrogens is 480 g/mol. The summed E-state index contributed by atoms with van der Waals surface area (Å²) in [4.78, 5) is 38.1. The van der Waals surface area contributed by atoms with Gasteiger partial charge in [0, 0.05) is 53.1 Å². The summed E-state index contributed by atoms with van der Waals surface area (Å²) in [6.07, 6.45) is 0.488. The maximum absolute atomic E-state index is 13.0. The molecule has 3 N–H and O–H groups in total. The molecule has 1 fully saturated rings. The summed E-state index contributed by atoms with van der Waals surface area (Å²) < 4.78 is 0. The molecule has 0 aliphatic carbocycles. The second-order valence-electron chi connectivity index (χ2n) is 7.56. The molecule has 2 aromatic carbocycles. The van der Waals surface area contributed by atoms with Crippen LogP contribution in [-0.4, -0.2) is 76.2 Å². The Bertz CT molecular complexity index is 1040.